The van der Waals surface area contributed by atoms with Gasteiger partial charge in [0.15, 0.2) is 11.5 Å². The number of nitrogens with zero attached hydrogens (tertiary/aromatic N) is 1. The summed E-state index contributed by atoms with van der Waals surface area (Å²) in [6, 6.07) is 5.87. The molecule has 1 fully saturated rings. The summed E-state index contributed by atoms with van der Waals surface area (Å²) in [4.78, 5) is 13.8. The van der Waals surface area contributed by atoms with Crippen LogP contribution in [0.5, 0.6) is 11.5 Å². The molecule has 0 aliphatic carbocycles. The molecule has 1 atom stereocenters. The van der Waals surface area contributed by atoms with Crippen molar-refractivity contribution in [2.24, 2.45) is 5.73 Å². The number of hydrogen-bond donors (Lipinski definition) is 2. The number of benzene rings is 1. The summed E-state index contributed by atoms with van der Waals surface area (Å²) in [5.41, 5.74) is 6.43. The molecule has 1 amide bonds. The van der Waals surface area contributed by atoms with Gasteiger partial charge in [-0.1, -0.05) is 6.07 Å². The van der Waals surface area contributed by atoms with E-state index in [4.69, 9.17) is 19.9 Å². The number of carbonyl (C=O) groups excluding carboxylic acids is 1. The number of ether oxygens (including phenoxy) is 3. The Bertz CT molecular complexity index is 518. The maximum atomic E-state index is 11.5. The van der Waals surface area contributed by atoms with E-state index < -0.39 is 0 Å². The third-order valence-corrected chi connectivity index (χ3v) is 3.96. The molecule has 0 saturated carbocycles. The van der Waals surface area contributed by atoms with Crippen molar-refractivity contribution < 1.29 is 19.0 Å². The van der Waals surface area contributed by atoms with Crippen LogP contribution in [0.2, 0.25) is 0 Å². The molecular weight excluding hydrogens is 298 g/mol. The largest absolute Gasteiger partial charge is 0.493 e. The molecule has 3 N–H and O–H groups in total. The van der Waals surface area contributed by atoms with Gasteiger partial charge in [0.05, 0.1) is 40.0 Å². The molecule has 1 unspecified atom stereocenters. The zero-order valence-corrected chi connectivity index (χ0v) is 13.7. The molecule has 7 heteroatoms. The zero-order chi connectivity index (χ0) is 16.7. The van der Waals surface area contributed by atoms with Gasteiger partial charge in [-0.15, -0.1) is 0 Å². The van der Waals surface area contributed by atoms with Crippen molar-refractivity contribution in [3.63, 3.8) is 0 Å². The molecule has 0 spiro atoms. The molecule has 1 saturated heterocycles. The monoisotopic (exact) mass is 323 g/mol. The summed E-state index contributed by atoms with van der Waals surface area (Å²) in [7, 11) is 3.22. The van der Waals surface area contributed by atoms with Gasteiger partial charge in [-0.3, -0.25) is 9.69 Å². The summed E-state index contributed by atoms with van der Waals surface area (Å²) >= 11 is 0. The number of carbonyl (C=O) groups is 1. The van der Waals surface area contributed by atoms with Gasteiger partial charge in [0.1, 0.15) is 0 Å². The second-order valence-electron chi connectivity index (χ2n) is 5.29. The van der Waals surface area contributed by atoms with Crippen molar-refractivity contribution >= 4 is 5.91 Å². The van der Waals surface area contributed by atoms with Gasteiger partial charge in [0.2, 0.25) is 5.91 Å². The Balaban J connectivity index is 2.22. The molecule has 0 aromatic heterocycles. The number of nitrogens with two attached hydrogens (primary N) is 1. The van der Waals surface area contributed by atoms with Gasteiger partial charge < -0.3 is 25.3 Å². The Hall–Kier alpha value is -1.83. The molecule has 1 aromatic rings. The third kappa shape index (κ3) is 4.57. The first-order valence-electron chi connectivity index (χ1n) is 7.70. The van der Waals surface area contributed by atoms with Gasteiger partial charge in [0, 0.05) is 19.6 Å². The maximum Gasteiger partial charge on any atom is 0.233 e. The van der Waals surface area contributed by atoms with Gasteiger partial charge in [0.25, 0.3) is 0 Å². The number of morpholine rings is 1. The van der Waals surface area contributed by atoms with Gasteiger partial charge >= 0.3 is 0 Å². The van der Waals surface area contributed by atoms with Crippen molar-refractivity contribution in [1.29, 1.82) is 0 Å². The van der Waals surface area contributed by atoms with E-state index in [9.17, 15) is 4.79 Å². The molecule has 0 radical (unpaired) electrons. The lowest BCUT2D eigenvalue weighted by atomic mass is 10.0. The average Bonchev–Trinajstić information content (AvgIpc) is 2.62. The van der Waals surface area contributed by atoms with Crippen LogP contribution in [-0.4, -0.2) is 64.4 Å². The van der Waals surface area contributed by atoms with Crippen LogP contribution in [0.15, 0.2) is 18.2 Å². The first-order chi connectivity index (χ1) is 11.2. The van der Waals surface area contributed by atoms with Crippen LogP contribution in [0.25, 0.3) is 0 Å². The number of methoxy groups -OCH3 is 2. The minimum absolute atomic E-state index is 0.0121. The molecule has 0 bridgehead atoms. The number of amides is 1. The predicted molar refractivity (Wildman–Crippen MR) is 86.7 cm³/mol. The van der Waals surface area contributed by atoms with Crippen molar-refractivity contribution in [2.75, 3.05) is 53.6 Å². The van der Waals surface area contributed by atoms with Crippen molar-refractivity contribution in [3.8, 4) is 11.5 Å². The second kappa shape index (κ2) is 8.71. The Labute approximate surface area is 136 Å². The van der Waals surface area contributed by atoms with E-state index >= 15 is 0 Å². The van der Waals surface area contributed by atoms with Crippen molar-refractivity contribution in [1.82, 2.24) is 10.2 Å². The summed E-state index contributed by atoms with van der Waals surface area (Å²) in [6.45, 7) is 3.49. The topological polar surface area (TPSA) is 86.0 Å². The molecule has 1 aliphatic rings. The number of nitrogens with one attached hydrogen (secondary N) is 1. The summed E-state index contributed by atoms with van der Waals surface area (Å²) < 4.78 is 16.1. The fourth-order valence-corrected chi connectivity index (χ4v) is 2.69. The van der Waals surface area contributed by atoms with Gasteiger partial charge in [-0.25, -0.2) is 0 Å². The van der Waals surface area contributed by atoms with Gasteiger partial charge in [-0.05, 0) is 17.7 Å². The number of rotatable bonds is 7. The van der Waals surface area contributed by atoms with Crippen LogP contribution in [0, 0.1) is 0 Å². The van der Waals surface area contributed by atoms with E-state index in [1.54, 1.807) is 14.2 Å². The first kappa shape index (κ1) is 17.5. The molecule has 1 heterocycles. The maximum absolute atomic E-state index is 11.5. The van der Waals surface area contributed by atoms with Crippen LogP contribution < -0.4 is 20.5 Å². The lowest BCUT2D eigenvalue weighted by molar-refractivity contribution is -0.120. The van der Waals surface area contributed by atoms with Crippen LogP contribution >= 0.6 is 0 Å². The minimum atomic E-state index is -0.163. The van der Waals surface area contributed by atoms with E-state index in [-0.39, 0.29) is 18.5 Å². The van der Waals surface area contributed by atoms with E-state index in [1.807, 2.05) is 18.2 Å². The number of hydrogen-bond acceptors (Lipinski definition) is 6. The highest BCUT2D eigenvalue weighted by Crippen LogP contribution is 2.32. The smallest absolute Gasteiger partial charge is 0.233 e. The Morgan fingerprint density at radius 3 is 2.61 bits per heavy atom. The van der Waals surface area contributed by atoms with Crippen LogP contribution in [-0.2, 0) is 9.53 Å². The normalized spacial score (nSPS) is 16.7. The molecule has 7 nitrogen and oxygen atoms in total. The summed E-state index contributed by atoms with van der Waals surface area (Å²) in [6.07, 6.45) is 0. The molecule has 23 heavy (non-hydrogen) atoms. The highest BCUT2D eigenvalue weighted by atomic mass is 16.5. The minimum Gasteiger partial charge on any atom is -0.493 e. The molecule has 128 valence electrons. The first-order valence-corrected chi connectivity index (χ1v) is 7.70. The second-order valence-corrected chi connectivity index (χ2v) is 5.29. The predicted octanol–water partition coefficient (Wildman–Crippen LogP) is 0.152. The fourth-order valence-electron chi connectivity index (χ4n) is 2.69. The Morgan fingerprint density at radius 2 is 2.00 bits per heavy atom. The zero-order valence-electron chi connectivity index (χ0n) is 13.7. The van der Waals surface area contributed by atoms with Crippen molar-refractivity contribution in [2.45, 2.75) is 6.04 Å². The summed E-state index contributed by atoms with van der Waals surface area (Å²) in [5, 5.41) is 2.88. The lowest BCUT2D eigenvalue weighted by Gasteiger charge is -2.35. The highest BCUT2D eigenvalue weighted by Gasteiger charge is 2.24. The standard InChI is InChI=1S/C16H25N3O4/c1-21-14-4-3-12(9-15(14)22-2)13(11-18-16(20)10-17)19-5-7-23-8-6-19/h3-4,9,13H,5-8,10-11,17H2,1-2H3,(H,18,20). The van der Waals surface area contributed by atoms with Crippen LogP contribution in [0.1, 0.15) is 11.6 Å². The van der Waals surface area contributed by atoms with Crippen LogP contribution in [0.4, 0.5) is 0 Å². The average molecular weight is 323 g/mol. The SMILES string of the molecule is COc1ccc(C(CNC(=O)CN)N2CCOCC2)cc1OC. The van der Waals surface area contributed by atoms with Crippen LogP contribution in [0.3, 0.4) is 0 Å². The van der Waals surface area contributed by atoms with E-state index in [0.29, 0.717) is 31.3 Å². The molecule has 1 aliphatic heterocycles. The highest BCUT2D eigenvalue weighted by molar-refractivity contribution is 5.77. The Morgan fingerprint density at radius 1 is 1.30 bits per heavy atom. The quantitative estimate of drug-likeness (QED) is 0.743. The third-order valence-electron chi connectivity index (χ3n) is 3.96. The lowest BCUT2D eigenvalue weighted by Crippen LogP contribution is -2.44. The summed E-state index contributed by atoms with van der Waals surface area (Å²) in [5.74, 6) is 1.19. The van der Waals surface area contributed by atoms with Crippen molar-refractivity contribution in [3.05, 3.63) is 23.8 Å². The van der Waals surface area contributed by atoms with E-state index in [2.05, 4.69) is 10.2 Å². The fraction of sp³-hybridized carbons (Fsp3) is 0.562. The van der Waals surface area contributed by atoms with Gasteiger partial charge in [-0.2, -0.15) is 0 Å². The molecule has 2 rings (SSSR count). The molecular formula is C16H25N3O4. The van der Waals surface area contributed by atoms with E-state index in [0.717, 1.165) is 18.7 Å². The van der Waals surface area contributed by atoms with E-state index in [1.165, 1.54) is 0 Å². The Kier molecular flexibility index (Phi) is 6.64. The molecule has 1 aromatic carbocycles.